The molecule has 0 aliphatic rings. The zero-order chi connectivity index (χ0) is 12.3. The van der Waals surface area contributed by atoms with Crippen LogP contribution in [0, 0.1) is 0 Å². The molecule has 0 spiro atoms. The maximum atomic E-state index is 11.5. The zero-order valence-corrected chi connectivity index (χ0v) is 11.0. The van der Waals surface area contributed by atoms with Gasteiger partial charge >= 0.3 is 6.09 Å². The van der Waals surface area contributed by atoms with E-state index >= 15 is 0 Å². The molecule has 0 radical (unpaired) electrons. The predicted molar refractivity (Wildman–Crippen MR) is 66.2 cm³/mol. The summed E-state index contributed by atoms with van der Waals surface area (Å²) in [5.41, 5.74) is 5.48. The fourth-order valence-corrected chi connectivity index (χ4v) is 1.29. The van der Waals surface area contributed by atoms with E-state index in [4.69, 9.17) is 10.5 Å². The number of nitrogens with one attached hydrogen (secondary N) is 1. The number of nitrogens with zero attached hydrogens (tertiary/aromatic N) is 1. The van der Waals surface area contributed by atoms with Gasteiger partial charge in [-0.15, -0.1) is 0 Å². The second kappa shape index (κ2) is 4.69. The van der Waals surface area contributed by atoms with E-state index in [0.717, 1.165) is 4.47 Å². The summed E-state index contributed by atoms with van der Waals surface area (Å²) in [6, 6.07) is 1.66. The largest absolute Gasteiger partial charge is 0.444 e. The Morgan fingerprint density at radius 3 is 2.75 bits per heavy atom. The van der Waals surface area contributed by atoms with Crippen LogP contribution in [0.15, 0.2) is 16.7 Å². The van der Waals surface area contributed by atoms with Gasteiger partial charge in [-0.1, -0.05) is 0 Å². The SMILES string of the molecule is CC(C)(C)OC(=O)Nc1cc(Br)cnc1N. The first-order valence-corrected chi connectivity index (χ1v) is 5.48. The lowest BCUT2D eigenvalue weighted by atomic mass is 10.2. The first-order valence-electron chi connectivity index (χ1n) is 4.69. The number of anilines is 2. The van der Waals surface area contributed by atoms with Gasteiger partial charge in [-0.25, -0.2) is 9.78 Å². The molecule has 0 saturated carbocycles. The highest BCUT2D eigenvalue weighted by atomic mass is 79.9. The Hall–Kier alpha value is -1.30. The molecule has 0 aliphatic carbocycles. The molecular formula is C10H14BrN3O2. The summed E-state index contributed by atoms with van der Waals surface area (Å²) in [6.45, 7) is 5.36. The molecule has 0 fully saturated rings. The van der Waals surface area contributed by atoms with Crippen molar-refractivity contribution in [3.8, 4) is 0 Å². The Kier molecular flexibility index (Phi) is 3.74. The van der Waals surface area contributed by atoms with E-state index in [1.165, 1.54) is 0 Å². The van der Waals surface area contributed by atoms with Gasteiger partial charge in [-0.05, 0) is 42.8 Å². The van der Waals surface area contributed by atoms with Gasteiger partial charge in [0.05, 0.1) is 5.69 Å². The molecule has 0 aromatic carbocycles. The Morgan fingerprint density at radius 2 is 2.19 bits per heavy atom. The third-order valence-electron chi connectivity index (χ3n) is 1.52. The number of aromatic nitrogens is 1. The molecule has 0 unspecified atom stereocenters. The molecule has 0 saturated heterocycles. The average molecular weight is 288 g/mol. The van der Waals surface area contributed by atoms with Gasteiger partial charge in [-0.2, -0.15) is 0 Å². The molecule has 1 rings (SSSR count). The van der Waals surface area contributed by atoms with Crippen LogP contribution in [0.25, 0.3) is 0 Å². The van der Waals surface area contributed by atoms with E-state index in [1.54, 1.807) is 33.0 Å². The molecule has 16 heavy (non-hydrogen) atoms. The van der Waals surface area contributed by atoms with Crippen molar-refractivity contribution in [2.45, 2.75) is 26.4 Å². The number of hydrogen-bond donors (Lipinski definition) is 2. The minimum Gasteiger partial charge on any atom is -0.444 e. The summed E-state index contributed by atoms with van der Waals surface area (Å²) < 4.78 is 5.82. The lowest BCUT2D eigenvalue weighted by Gasteiger charge is -2.19. The zero-order valence-electron chi connectivity index (χ0n) is 9.37. The summed E-state index contributed by atoms with van der Waals surface area (Å²) in [6.07, 6.45) is 0.995. The van der Waals surface area contributed by atoms with Crippen LogP contribution in [-0.2, 0) is 4.74 Å². The van der Waals surface area contributed by atoms with Gasteiger partial charge in [0.15, 0.2) is 0 Å². The number of halogens is 1. The summed E-state index contributed by atoms with van der Waals surface area (Å²) in [7, 11) is 0. The Labute approximate surface area is 103 Å². The molecule has 1 amide bonds. The van der Waals surface area contributed by atoms with Crippen molar-refractivity contribution in [1.29, 1.82) is 0 Å². The monoisotopic (exact) mass is 287 g/mol. The van der Waals surface area contributed by atoms with E-state index in [0.29, 0.717) is 5.69 Å². The Morgan fingerprint density at radius 1 is 1.56 bits per heavy atom. The average Bonchev–Trinajstić information content (AvgIpc) is 2.08. The third-order valence-corrected chi connectivity index (χ3v) is 1.95. The number of hydrogen-bond acceptors (Lipinski definition) is 4. The van der Waals surface area contributed by atoms with Crippen molar-refractivity contribution in [1.82, 2.24) is 4.98 Å². The highest BCUT2D eigenvalue weighted by Gasteiger charge is 2.17. The van der Waals surface area contributed by atoms with Gasteiger partial charge in [0.1, 0.15) is 11.4 Å². The van der Waals surface area contributed by atoms with Crippen LogP contribution in [0.4, 0.5) is 16.3 Å². The molecule has 5 nitrogen and oxygen atoms in total. The van der Waals surface area contributed by atoms with Gasteiger partial charge in [0, 0.05) is 10.7 Å². The Balaban J connectivity index is 2.73. The van der Waals surface area contributed by atoms with Crippen molar-refractivity contribution in [2.24, 2.45) is 0 Å². The summed E-state index contributed by atoms with van der Waals surface area (Å²) >= 11 is 3.24. The second-order valence-electron chi connectivity index (χ2n) is 4.21. The van der Waals surface area contributed by atoms with E-state index in [1.807, 2.05) is 0 Å². The topological polar surface area (TPSA) is 77.2 Å². The molecule has 88 valence electrons. The number of carbonyl (C=O) groups is 1. The summed E-state index contributed by atoms with van der Waals surface area (Å²) in [5, 5.41) is 2.53. The highest BCUT2D eigenvalue weighted by Crippen LogP contribution is 2.21. The number of rotatable bonds is 1. The highest BCUT2D eigenvalue weighted by molar-refractivity contribution is 9.10. The molecule has 0 bridgehead atoms. The van der Waals surface area contributed by atoms with Crippen LogP contribution >= 0.6 is 15.9 Å². The molecule has 3 N–H and O–H groups in total. The van der Waals surface area contributed by atoms with Crippen LogP contribution in [0.1, 0.15) is 20.8 Å². The normalized spacial score (nSPS) is 11.0. The molecule has 1 heterocycles. The number of carbonyl (C=O) groups excluding carboxylic acids is 1. The maximum Gasteiger partial charge on any atom is 0.412 e. The van der Waals surface area contributed by atoms with Crippen molar-refractivity contribution in [3.05, 3.63) is 16.7 Å². The fraction of sp³-hybridized carbons (Fsp3) is 0.400. The van der Waals surface area contributed by atoms with Crippen molar-refractivity contribution in [3.63, 3.8) is 0 Å². The molecule has 1 aromatic rings. The van der Waals surface area contributed by atoms with Gasteiger partial charge in [0.2, 0.25) is 0 Å². The van der Waals surface area contributed by atoms with Crippen LogP contribution in [0.5, 0.6) is 0 Å². The minimum absolute atomic E-state index is 0.244. The van der Waals surface area contributed by atoms with E-state index in [2.05, 4.69) is 26.2 Å². The first-order chi connectivity index (χ1) is 7.28. The lowest BCUT2D eigenvalue weighted by Crippen LogP contribution is -2.27. The summed E-state index contributed by atoms with van der Waals surface area (Å²) in [4.78, 5) is 15.3. The third kappa shape index (κ3) is 4.06. The van der Waals surface area contributed by atoms with Crippen LogP contribution in [-0.4, -0.2) is 16.7 Å². The summed E-state index contributed by atoms with van der Waals surface area (Å²) in [5.74, 6) is 0.244. The molecule has 1 aromatic heterocycles. The minimum atomic E-state index is -0.556. The van der Waals surface area contributed by atoms with Crippen LogP contribution in [0.2, 0.25) is 0 Å². The van der Waals surface area contributed by atoms with E-state index < -0.39 is 11.7 Å². The Bertz CT molecular complexity index is 402. The molecule has 6 heteroatoms. The first kappa shape index (κ1) is 12.8. The maximum absolute atomic E-state index is 11.5. The van der Waals surface area contributed by atoms with Crippen molar-refractivity contribution >= 4 is 33.5 Å². The van der Waals surface area contributed by atoms with Gasteiger partial charge in [-0.3, -0.25) is 5.32 Å². The standard InChI is InChI=1S/C10H14BrN3O2/c1-10(2,3)16-9(15)14-7-4-6(11)5-13-8(7)12/h4-5H,1-3H3,(H2,12,13)(H,14,15). The molecule has 0 atom stereocenters. The smallest absolute Gasteiger partial charge is 0.412 e. The second-order valence-corrected chi connectivity index (χ2v) is 5.13. The molecule has 0 aliphatic heterocycles. The lowest BCUT2D eigenvalue weighted by molar-refractivity contribution is 0.0636. The quantitative estimate of drug-likeness (QED) is 0.833. The molecular weight excluding hydrogens is 274 g/mol. The predicted octanol–water partition coefficient (Wildman–Crippen LogP) is 2.77. The van der Waals surface area contributed by atoms with Crippen LogP contribution < -0.4 is 11.1 Å². The van der Waals surface area contributed by atoms with Crippen molar-refractivity contribution < 1.29 is 9.53 Å². The van der Waals surface area contributed by atoms with E-state index in [-0.39, 0.29) is 5.82 Å². The number of amides is 1. The number of nitrogens with two attached hydrogens (primary N) is 1. The van der Waals surface area contributed by atoms with E-state index in [9.17, 15) is 4.79 Å². The van der Waals surface area contributed by atoms with Crippen LogP contribution in [0.3, 0.4) is 0 Å². The number of ether oxygens (including phenoxy) is 1. The van der Waals surface area contributed by atoms with Gasteiger partial charge in [0.25, 0.3) is 0 Å². The van der Waals surface area contributed by atoms with Gasteiger partial charge < -0.3 is 10.5 Å². The fourth-order valence-electron chi connectivity index (χ4n) is 0.964. The number of pyridine rings is 1. The number of nitrogen functional groups attached to an aromatic ring is 1. The van der Waals surface area contributed by atoms with Crippen molar-refractivity contribution in [2.75, 3.05) is 11.1 Å².